The van der Waals surface area contributed by atoms with Crippen LogP contribution in [0.3, 0.4) is 0 Å². The van der Waals surface area contributed by atoms with Gasteiger partial charge in [-0.3, -0.25) is 20.2 Å². The average molecular weight is 492 g/mol. The standard InChI is InChI=1S/C23H29N3O7S/c1-32-19-8-10-20(11-9-19)34(30,31)23(22(28)26(29)17-21(27)33-2)12-14-25(15-13-23)24-16-18-6-4-3-5-7-18/h3-11,24,29H,12-17H2,1-2H3. The lowest BCUT2D eigenvalue weighted by Crippen LogP contribution is -2.60. The number of piperidine rings is 1. The lowest BCUT2D eigenvalue weighted by Gasteiger charge is -2.41. The van der Waals surface area contributed by atoms with Crippen molar-refractivity contribution >= 4 is 21.7 Å². The van der Waals surface area contributed by atoms with Crippen LogP contribution >= 0.6 is 0 Å². The zero-order valence-corrected chi connectivity index (χ0v) is 20.0. The molecule has 0 aromatic heterocycles. The van der Waals surface area contributed by atoms with E-state index < -0.39 is 33.0 Å². The Kier molecular flexibility index (Phi) is 8.26. The van der Waals surface area contributed by atoms with Crippen LogP contribution in [0.5, 0.6) is 5.75 Å². The number of esters is 1. The Morgan fingerprint density at radius 2 is 1.68 bits per heavy atom. The van der Waals surface area contributed by atoms with Crippen molar-refractivity contribution in [1.82, 2.24) is 15.5 Å². The fraction of sp³-hybridized carbons (Fsp3) is 0.391. The predicted octanol–water partition coefficient (Wildman–Crippen LogP) is 1.40. The summed E-state index contributed by atoms with van der Waals surface area (Å²) in [5.41, 5.74) is 4.31. The summed E-state index contributed by atoms with van der Waals surface area (Å²) in [6.45, 7) is 0.243. The number of hydrogen-bond acceptors (Lipinski definition) is 9. The van der Waals surface area contributed by atoms with Gasteiger partial charge < -0.3 is 9.47 Å². The molecule has 1 heterocycles. The summed E-state index contributed by atoms with van der Waals surface area (Å²) in [7, 11) is -1.67. The Balaban J connectivity index is 1.85. The number of ether oxygens (including phenoxy) is 2. The van der Waals surface area contributed by atoms with Crippen molar-refractivity contribution in [3.63, 3.8) is 0 Å². The highest BCUT2D eigenvalue weighted by Gasteiger charge is 2.54. The monoisotopic (exact) mass is 491 g/mol. The van der Waals surface area contributed by atoms with Crippen molar-refractivity contribution in [2.24, 2.45) is 0 Å². The van der Waals surface area contributed by atoms with E-state index in [9.17, 15) is 23.2 Å². The van der Waals surface area contributed by atoms with Crippen LogP contribution in [0.15, 0.2) is 59.5 Å². The van der Waals surface area contributed by atoms with Crippen LogP contribution in [0.25, 0.3) is 0 Å². The van der Waals surface area contributed by atoms with Gasteiger partial charge in [0.05, 0.1) is 19.1 Å². The topological polar surface area (TPSA) is 125 Å². The molecule has 1 aliphatic heterocycles. The molecule has 0 unspecified atom stereocenters. The minimum absolute atomic E-state index is 0.0705. The summed E-state index contributed by atoms with van der Waals surface area (Å²) in [4.78, 5) is 24.9. The second-order valence-electron chi connectivity index (χ2n) is 7.92. The highest BCUT2D eigenvalue weighted by atomic mass is 32.2. The van der Waals surface area contributed by atoms with Crippen LogP contribution < -0.4 is 10.2 Å². The number of sulfone groups is 1. The third kappa shape index (κ3) is 5.39. The van der Waals surface area contributed by atoms with Gasteiger partial charge in [0.15, 0.2) is 14.6 Å². The quantitative estimate of drug-likeness (QED) is 0.304. The molecule has 3 rings (SSSR count). The van der Waals surface area contributed by atoms with Gasteiger partial charge in [0, 0.05) is 19.6 Å². The molecule has 0 spiro atoms. The number of hydroxylamine groups is 2. The first-order valence-corrected chi connectivity index (χ1v) is 12.2. The van der Waals surface area contributed by atoms with Gasteiger partial charge in [0.2, 0.25) is 0 Å². The molecule has 1 aliphatic rings. The van der Waals surface area contributed by atoms with E-state index in [4.69, 9.17) is 4.74 Å². The first-order valence-electron chi connectivity index (χ1n) is 10.7. The van der Waals surface area contributed by atoms with Crippen LogP contribution in [0.4, 0.5) is 0 Å². The Hall–Kier alpha value is -2.99. The van der Waals surface area contributed by atoms with E-state index in [-0.39, 0.29) is 35.9 Å². The molecule has 0 bridgehead atoms. The number of amides is 1. The largest absolute Gasteiger partial charge is 0.497 e. The summed E-state index contributed by atoms with van der Waals surface area (Å²) in [6, 6.07) is 15.4. The van der Waals surface area contributed by atoms with Crippen LogP contribution in [0.2, 0.25) is 0 Å². The predicted molar refractivity (Wildman–Crippen MR) is 123 cm³/mol. The molecule has 184 valence electrons. The summed E-state index contributed by atoms with van der Waals surface area (Å²) >= 11 is 0. The Morgan fingerprint density at radius 3 is 2.24 bits per heavy atom. The molecule has 2 aromatic rings. The van der Waals surface area contributed by atoms with E-state index >= 15 is 0 Å². The van der Waals surface area contributed by atoms with Crippen molar-refractivity contribution in [3.05, 3.63) is 60.2 Å². The molecule has 11 heteroatoms. The third-order valence-electron chi connectivity index (χ3n) is 5.94. The highest BCUT2D eigenvalue weighted by Crippen LogP contribution is 2.37. The van der Waals surface area contributed by atoms with Gasteiger partial charge in [-0.2, -0.15) is 0 Å². The lowest BCUT2D eigenvalue weighted by molar-refractivity contribution is -0.178. The molecule has 1 fully saturated rings. The molecule has 0 radical (unpaired) electrons. The van der Waals surface area contributed by atoms with E-state index in [0.717, 1.165) is 12.7 Å². The lowest BCUT2D eigenvalue weighted by atomic mass is 9.95. The van der Waals surface area contributed by atoms with Crippen LogP contribution in [0, 0.1) is 0 Å². The van der Waals surface area contributed by atoms with E-state index in [2.05, 4.69) is 10.2 Å². The minimum atomic E-state index is -4.24. The SMILES string of the molecule is COC(=O)CN(O)C(=O)C1(S(=O)(=O)c2ccc(OC)cc2)CCN(NCc2ccccc2)CC1. The fourth-order valence-electron chi connectivity index (χ4n) is 3.90. The maximum atomic E-state index is 13.7. The maximum absolute atomic E-state index is 13.7. The van der Waals surface area contributed by atoms with Gasteiger partial charge in [0.1, 0.15) is 12.3 Å². The molecule has 1 amide bonds. The summed E-state index contributed by atoms with van der Waals surface area (Å²) in [5.74, 6) is -1.46. The van der Waals surface area contributed by atoms with Crippen molar-refractivity contribution in [1.29, 1.82) is 0 Å². The maximum Gasteiger partial charge on any atom is 0.328 e. The molecule has 0 atom stereocenters. The molecule has 0 aliphatic carbocycles. The Morgan fingerprint density at radius 1 is 1.06 bits per heavy atom. The summed E-state index contributed by atoms with van der Waals surface area (Å²) in [6.07, 6.45) is -0.166. The number of nitrogens with one attached hydrogen (secondary N) is 1. The van der Waals surface area contributed by atoms with Crippen molar-refractivity contribution in [3.8, 4) is 5.75 Å². The molecule has 34 heavy (non-hydrogen) atoms. The summed E-state index contributed by atoms with van der Waals surface area (Å²) in [5, 5.41) is 12.3. The molecular weight excluding hydrogens is 462 g/mol. The average Bonchev–Trinajstić information content (AvgIpc) is 2.87. The number of carbonyl (C=O) groups excluding carboxylic acids is 2. The molecule has 1 saturated heterocycles. The normalized spacial score (nSPS) is 16.0. The van der Waals surface area contributed by atoms with Crippen LogP contribution in [-0.4, -0.2) is 74.2 Å². The number of nitrogens with zero attached hydrogens (tertiary/aromatic N) is 2. The van der Waals surface area contributed by atoms with Gasteiger partial charge in [-0.05, 0) is 42.7 Å². The summed E-state index contributed by atoms with van der Waals surface area (Å²) < 4.78 is 35.1. The van der Waals surface area contributed by atoms with Crippen LogP contribution in [0.1, 0.15) is 18.4 Å². The second-order valence-corrected chi connectivity index (χ2v) is 10.2. The minimum Gasteiger partial charge on any atom is -0.497 e. The Bertz CT molecular complexity index is 1080. The van der Waals surface area contributed by atoms with Crippen molar-refractivity contribution < 1.29 is 32.7 Å². The first-order chi connectivity index (χ1) is 16.2. The zero-order valence-electron chi connectivity index (χ0n) is 19.1. The number of carbonyl (C=O) groups is 2. The number of hydrazine groups is 1. The van der Waals surface area contributed by atoms with E-state index in [1.165, 1.54) is 31.4 Å². The van der Waals surface area contributed by atoms with Gasteiger partial charge in [-0.15, -0.1) is 0 Å². The zero-order chi connectivity index (χ0) is 24.8. The molecule has 2 N–H and O–H groups in total. The first kappa shape index (κ1) is 25.6. The van der Waals surface area contributed by atoms with Gasteiger partial charge in [-0.1, -0.05) is 30.3 Å². The van der Waals surface area contributed by atoms with Gasteiger partial charge >= 0.3 is 5.97 Å². The van der Waals surface area contributed by atoms with Crippen molar-refractivity contribution in [2.45, 2.75) is 29.0 Å². The van der Waals surface area contributed by atoms with Crippen molar-refractivity contribution in [2.75, 3.05) is 33.9 Å². The third-order valence-corrected chi connectivity index (χ3v) is 8.44. The molecule has 2 aromatic carbocycles. The molecule has 10 nitrogen and oxygen atoms in total. The number of benzene rings is 2. The number of rotatable bonds is 9. The van der Waals surface area contributed by atoms with Gasteiger partial charge in [0.25, 0.3) is 5.91 Å². The fourth-order valence-corrected chi connectivity index (χ4v) is 5.90. The number of hydrogen-bond donors (Lipinski definition) is 2. The second kappa shape index (κ2) is 11.0. The Labute approximate surface area is 198 Å². The van der Waals surface area contributed by atoms with E-state index in [1.807, 2.05) is 35.3 Å². The number of methoxy groups -OCH3 is 2. The van der Waals surface area contributed by atoms with E-state index in [0.29, 0.717) is 12.3 Å². The van der Waals surface area contributed by atoms with E-state index in [1.54, 1.807) is 0 Å². The van der Waals surface area contributed by atoms with Crippen LogP contribution in [-0.2, 0) is 30.7 Å². The molecular formula is C23H29N3O7S. The smallest absolute Gasteiger partial charge is 0.328 e. The highest BCUT2D eigenvalue weighted by molar-refractivity contribution is 7.93. The molecule has 0 saturated carbocycles. The van der Waals surface area contributed by atoms with Gasteiger partial charge in [-0.25, -0.2) is 18.5 Å².